The van der Waals surface area contributed by atoms with Crippen LogP contribution in [0.15, 0.2) is 28.7 Å². The maximum atomic E-state index is 10.7. The monoisotopic (exact) mass is 326 g/mol. The molecule has 1 aromatic rings. The van der Waals surface area contributed by atoms with E-state index in [9.17, 15) is 4.79 Å². The minimum Gasteiger partial charge on any atom is -0.481 e. The van der Waals surface area contributed by atoms with Gasteiger partial charge in [-0.15, -0.1) is 0 Å². The zero-order valence-corrected chi connectivity index (χ0v) is 12.3. The number of hydrogen-bond donors (Lipinski definition) is 2. The Kier molecular flexibility index (Phi) is 4.82. The minimum atomic E-state index is -0.727. The first-order valence-corrected chi connectivity index (χ1v) is 7.32. The van der Waals surface area contributed by atoms with Gasteiger partial charge in [0.15, 0.2) is 0 Å². The van der Waals surface area contributed by atoms with E-state index in [1.807, 2.05) is 12.1 Å². The van der Waals surface area contributed by atoms with Crippen molar-refractivity contribution < 1.29 is 9.90 Å². The number of hydrogen-bond acceptors (Lipinski definition) is 3. The highest BCUT2D eigenvalue weighted by atomic mass is 79.9. The van der Waals surface area contributed by atoms with Crippen molar-refractivity contribution >= 4 is 27.6 Å². The fraction of sp³-hybridized carbons (Fsp3) is 0.500. The molecule has 4 nitrogen and oxygen atoms in total. The number of rotatable bonds is 4. The molecule has 1 saturated heterocycles. The minimum absolute atomic E-state index is 0.121. The Morgan fingerprint density at radius 3 is 2.68 bits per heavy atom. The van der Waals surface area contributed by atoms with E-state index < -0.39 is 5.97 Å². The number of aliphatic carboxylic acids is 1. The maximum Gasteiger partial charge on any atom is 0.303 e. The van der Waals surface area contributed by atoms with E-state index in [2.05, 4.69) is 33.0 Å². The van der Waals surface area contributed by atoms with Crippen molar-refractivity contribution in [2.45, 2.75) is 25.3 Å². The zero-order chi connectivity index (χ0) is 13.8. The first kappa shape index (κ1) is 14.3. The summed E-state index contributed by atoms with van der Waals surface area (Å²) >= 11 is 3.43. The molecule has 0 spiro atoms. The average Bonchev–Trinajstić information content (AvgIpc) is 2.36. The lowest BCUT2D eigenvalue weighted by Crippen LogP contribution is -2.47. The van der Waals surface area contributed by atoms with E-state index in [1.54, 1.807) is 0 Å². The van der Waals surface area contributed by atoms with Gasteiger partial charge in [0.2, 0.25) is 0 Å². The third-order valence-corrected chi connectivity index (χ3v) is 4.06. The number of anilines is 1. The molecule has 2 rings (SSSR count). The first-order valence-electron chi connectivity index (χ1n) is 6.52. The highest BCUT2D eigenvalue weighted by Crippen LogP contribution is 2.26. The van der Waals surface area contributed by atoms with Crippen LogP contribution in [0.3, 0.4) is 0 Å². The van der Waals surface area contributed by atoms with Crippen LogP contribution in [0.5, 0.6) is 0 Å². The highest BCUT2D eigenvalue weighted by molar-refractivity contribution is 9.10. The van der Waals surface area contributed by atoms with E-state index in [0.717, 1.165) is 29.7 Å². The molecule has 2 atom stereocenters. The van der Waals surface area contributed by atoms with Crippen molar-refractivity contribution in [1.82, 2.24) is 0 Å². The largest absolute Gasteiger partial charge is 0.481 e. The smallest absolute Gasteiger partial charge is 0.303 e. The summed E-state index contributed by atoms with van der Waals surface area (Å²) in [6, 6.07) is 8.28. The number of piperidine rings is 1. The summed E-state index contributed by atoms with van der Waals surface area (Å²) in [4.78, 5) is 12.9. The third kappa shape index (κ3) is 4.21. The second kappa shape index (κ2) is 6.39. The van der Waals surface area contributed by atoms with Crippen LogP contribution >= 0.6 is 15.9 Å². The number of carbonyl (C=O) groups is 1. The lowest BCUT2D eigenvalue weighted by atomic mass is 9.90. The molecule has 0 radical (unpaired) electrons. The van der Waals surface area contributed by atoms with Crippen LogP contribution in [-0.2, 0) is 4.79 Å². The van der Waals surface area contributed by atoms with Crippen molar-refractivity contribution in [3.8, 4) is 0 Å². The maximum absolute atomic E-state index is 10.7. The molecule has 0 aromatic heterocycles. The Hall–Kier alpha value is -1.07. The van der Waals surface area contributed by atoms with Gasteiger partial charge < -0.3 is 15.7 Å². The van der Waals surface area contributed by atoms with Crippen LogP contribution < -0.4 is 10.6 Å². The molecule has 1 fully saturated rings. The molecule has 5 heteroatoms. The SMILES string of the molecule is NC1CC(CCC(=O)O)CN(c2ccc(Br)cc2)C1. The molecule has 3 N–H and O–H groups in total. The van der Waals surface area contributed by atoms with Crippen molar-refractivity contribution in [1.29, 1.82) is 0 Å². The molecule has 0 amide bonds. The molecule has 104 valence electrons. The van der Waals surface area contributed by atoms with Crippen molar-refractivity contribution in [3.05, 3.63) is 28.7 Å². The van der Waals surface area contributed by atoms with Gasteiger partial charge in [-0.1, -0.05) is 15.9 Å². The Morgan fingerprint density at radius 2 is 2.05 bits per heavy atom. The Bertz CT molecular complexity index is 436. The quantitative estimate of drug-likeness (QED) is 0.892. The predicted octanol–water partition coefficient (Wildman–Crippen LogP) is 2.47. The zero-order valence-electron chi connectivity index (χ0n) is 10.8. The Morgan fingerprint density at radius 1 is 1.37 bits per heavy atom. The van der Waals surface area contributed by atoms with E-state index in [4.69, 9.17) is 10.8 Å². The van der Waals surface area contributed by atoms with Gasteiger partial charge in [0, 0.05) is 35.7 Å². The summed E-state index contributed by atoms with van der Waals surface area (Å²) < 4.78 is 1.06. The average molecular weight is 327 g/mol. The topological polar surface area (TPSA) is 66.6 Å². The van der Waals surface area contributed by atoms with Crippen molar-refractivity contribution in [3.63, 3.8) is 0 Å². The summed E-state index contributed by atoms with van der Waals surface area (Å²) in [5, 5.41) is 8.77. The highest BCUT2D eigenvalue weighted by Gasteiger charge is 2.25. The fourth-order valence-electron chi connectivity index (χ4n) is 2.65. The van der Waals surface area contributed by atoms with Crippen LogP contribution in [0.1, 0.15) is 19.3 Å². The molecule has 2 unspecified atom stereocenters. The number of benzene rings is 1. The number of carboxylic acid groups (broad SMARTS) is 1. The van der Waals surface area contributed by atoms with Gasteiger partial charge in [0.05, 0.1) is 0 Å². The second-order valence-corrected chi connectivity index (χ2v) is 6.09. The molecule has 0 aliphatic carbocycles. The van der Waals surface area contributed by atoms with E-state index >= 15 is 0 Å². The summed E-state index contributed by atoms with van der Waals surface area (Å²) in [6.45, 7) is 1.73. The van der Waals surface area contributed by atoms with Crippen molar-refractivity contribution in [2.75, 3.05) is 18.0 Å². The molecule has 0 saturated carbocycles. The standard InChI is InChI=1S/C14H19BrN2O2/c15-11-2-4-13(5-3-11)17-8-10(1-6-14(18)19)7-12(16)9-17/h2-5,10,12H,1,6-9,16H2,(H,18,19). The molecular weight excluding hydrogens is 308 g/mol. The van der Waals surface area contributed by atoms with E-state index in [0.29, 0.717) is 12.3 Å². The normalized spacial score (nSPS) is 23.4. The molecule has 1 heterocycles. The van der Waals surface area contributed by atoms with Gasteiger partial charge in [-0.2, -0.15) is 0 Å². The van der Waals surface area contributed by atoms with Gasteiger partial charge in [0.25, 0.3) is 0 Å². The van der Waals surface area contributed by atoms with Gasteiger partial charge >= 0.3 is 5.97 Å². The number of carboxylic acids is 1. The second-order valence-electron chi connectivity index (χ2n) is 5.18. The number of nitrogens with zero attached hydrogens (tertiary/aromatic N) is 1. The van der Waals surface area contributed by atoms with Crippen LogP contribution in [-0.4, -0.2) is 30.2 Å². The van der Waals surface area contributed by atoms with Gasteiger partial charge in [-0.3, -0.25) is 4.79 Å². The van der Waals surface area contributed by atoms with Gasteiger partial charge in [-0.05, 0) is 43.0 Å². The predicted molar refractivity (Wildman–Crippen MR) is 79.3 cm³/mol. The molecule has 1 aromatic carbocycles. The Labute approximate surface area is 121 Å². The summed E-state index contributed by atoms with van der Waals surface area (Å²) in [7, 11) is 0. The number of halogens is 1. The first-order chi connectivity index (χ1) is 9.04. The van der Waals surface area contributed by atoms with Gasteiger partial charge in [0.1, 0.15) is 0 Å². The van der Waals surface area contributed by atoms with Crippen LogP contribution in [0.25, 0.3) is 0 Å². The summed E-state index contributed by atoms with van der Waals surface area (Å²) in [6.07, 6.45) is 1.85. The molecule has 1 aliphatic rings. The van der Waals surface area contributed by atoms with E-state index in [1.165, 1.54) is 0 Å². The summed E-state index contributed by atoms with van der Waals surface area (Å²) in [5.41, 5.74) is 7.24. The lowest BCUT2D eigenvalue weighted by Gasteiger charge is -2.37. The van der Waals surface area contributed by atoms with E-state index in [-0.39, 0.29) is 12.5 Å². The van der Waals surface area contributed by atoms with Crippen LogP contribution in [0.4, 0.5) is 5.69 Å². The summed E-state index contributed by atoms with van der Waals surface area (Å²) in [5.74, 6) is -0.363. The Balaban J connectivity index is 2.00. The molecule has 0 bridgehead atoms. The van der Waals surface area contributed by atoms with Crippen LogP contribution in [0, 0.1) is 5.92 Å². The fourth-order valence-corrected chi connectivity index (χ4v) is 2.91. The third-order valence-electron chi connectivity index (χ3n) is 3.53. The number of nitrogens with two attached hydrogens (primary N) is 1. The van der Waals surface area contributed by atoms with Crippen LogP contribution in [0.2, 0.25) is 0 Å². The molecular formula is C14H19BrN2O2. The van der Waals surface area contributed by atoms with Gasteiger partial charge in [-0.25, -0.2) is 0 Å². The molecule has 1 aliphatic heterocycles. The molecule has 19 heavy (non-hydrogen) atoms. The lowest BCUT2D eigenvalue weighted by molar-refractivity contribution is -0.137. The van der Waals surface area contributed by atoms with Crippen molar-refractivity contribution in [2.24, 2.45) is 11.7 Å².